The van der Waals surface area contributed by atoms with Crippen LogP contribution in [0.25, 0.3) is 0 Å². The van der Waals surface area contributed by atoms with Gasteiger partial charge in [0.05, 0.1) is 0 Å². The van der Waals surface area contributed by atoms with E-state index < -0.39 is 22.0 Å². The first-order valence-corrected chi connectivity index (χ1v) is 4.64. The molecule has 0 aromatic rings. The molecule has 0 heterocycles. The van der Waals surface area contributed by atoms with E-state index in [4.69, 9.17) is 3.07 Å². The molecule has 0 aliphatic carbocycles. The minimum atomic E-state index is -1.22. The standard InChI is InChI=1S/C2H4O2.C2H5O.Sn/c1-2(3)4;1-2-3;/h1H3,(H,3,4);2H2,1H3;/q;-1;+2/p-1. The number of rotatable bonds is 3. The molecule has 2 radical (unpaired) electrons. The van der Waals surface area contributed by atoms with Crippen LogP contribution in [0.3, 0.4) is 0 Å². The zero-order valence-electron chi connectivity index (χ0n) is 4.93. The molecule has 0 aromatic carbocycles. The summed E-state index contributed by atoms with van der Waals surface area (Å²) in [7, 11) is 0. The van der Waals surface area contributed by atoms with E-state index in [1.165, 1.54) is 6.92 Å². The van der Waals surface area contributed by atoms with Gasteiger partial charge in [0.2, 0.25) is 0 Å². The van der Waals surface area contributed by atoms with Crippen LogP contribution in [0.5, 0.6) is 0 Å². The van der Waals surface area contributed by atoms with Crippen LogP contribution < -0.4 is 0 Å². The average Bonchev–Trinajstić information content (AvgIpc) is 1.66. The summed E-state index contributed by atoms with van der Waals surface area (Å²) < 4.78 is 9.46. The summed E-state index contributed by atoms with van der Waals surface area (Å²) in [6.45, 7) is 3.92. The summed E-state index contributed by atoms with van der Waals surface area (Å²) in [4.78, 5) is 10.1. The number of carbonyl (C=O) groups excluding carboxylic acids is 1. The van der Waals surface area contributed by atoms with Gasteiger partial charge in [-0.3, -0.25) is 0 Å². The first-order valence-electron chi connectivity index (χ1n) is 2.31. The van der Waals surface area contributed by atoms with E-state index in [2.05, 4.69) is 3.07 Å². The Bertz CT molecular complexity index is 73.7. The molecule has 3 nitrogen and oxygen atoms in total. The summed E-state index contributed by atoms with van der Waals surface area (Å²) in [6.07, 6.45) is 0. The Labute approximate surface area is 59.7 Å². The van der Waals surface area contributed by atoms with E-state index in [0.717, 1.165) is 0 Å². The van der Waals surface area contributed by atoms with Crippen molar-refractivity contribution in [3.05, 3.63) is 0 Å². The van der Waals surface area contributed by atoms with Gasteiger partial charge in [-0.15, -0.1) is 0 Å². The predicted molar refractivity (Wildman–Crippen MR) is 29.1 cm³/mol. The molecule has 0 atom stereocenters. The van der Waals surface area contributed by atoms with Crippen LogP contribution in [0, 0.1) is 0 Å². The Kier molecular flexibility index (Phi) is 5.52. The van der Waals surface area contributed by atoms with Crippen molar-refractivity contribution in [3.8, 4) is 0 Å². The zero-order chi connectivity index (χ0) is 6.41. The molecule has 0 spiro atoms. The van der Waals surface area contributed by atoms with Crippen molar-refractivity contribution in [2.24, 2.45) is 0 Å². The SMILES string of the molecule is CC[O][Sn][O]C(C)=O. The van der Waals surface area contributed by atoms with Gasteiger partial charge in [0.1, 0.15) is 0 Å². The molecular weight excluding hydrogens is 215 g/mol. The van der Waals surface area contributed by atoms with Crippen LogP contribution in [-0.4, -0.2) is 34.5 Å². The molecule has 0 unspecified atom stereocenters. The van der Waals surface area contributed by atoms with Gasteiger partial charge < -0.3 is 0 Å². The van der Waals surface area contributed by atoms with Crippen LogP contribution in [-0.2, 0) is 10.9 Å². The summed E-state index contributed by atoms with van der Waals surface area (Å²) in [5.41, 5.74) is 0. The number of carbonyl (C=O) groups is 1. The molecule has 46 valence electrons. The van der Waals surface area contributed by atoms with Crippen molar-refractivity contribution < 1.29 is 10.9 Å². The maximum atomic E-state index is 10.1. The Morgan fingerprint density at radius 3 is 2.75 bits per heavy atom. The summed E-state index contributed by atoms with van der Waals surface area (Å²) in [5, 5.41) is 0. The third-order valence-corrected chi connectivity index (χ3v) is 2.61. The normalized spacial score (nSPS) is 8.75. The molecule has 0 aromatic heterocycles. The zero-order valence-corrected chi connectivity index (χ0v) is 7.79. The quantitative estimate of drug-likeness (QED) is 0.503. The molecule has 0 fully saturated rings. The van der Waals surface area contributed by atoms with E-state index in [9.17, 15) is 4.79 Å². The topological polar surface area (TPSA) is 35.5 Å². The van der Waals surface area contributed by atoms with Crippen molar-refractivity contribution in [2.75, 3.05) is 6.61 Å². The van der Waals surface area contributed by atoms with Gasteiger partial charge in [0, 0.05) is 0 Å². The van der Waals surface area contributed by atoms with E-state index in [1.54, 1.807) is 0 Å². The van der Waals surface area contributed by atoms with Crippen molar-refractivity contribution in [1.29, 1.82) is 0 Å². The van der Waals surface area contributed by atoms with Crippen LogP contribution in [0.4, 0.5) is 0 Å². The third kappa shape index (κ3) is 6.23. The number of hydrogen-bond donors (Lipinski definition) is 0. The van der Waals surface area contributed by atoms with Gasteiger partial charge in [0.25, 0.3) is 0 Å². The molecular formula is C4H8O3Sn. The second-order valence-corrected chi connectivity index (χ2v) is 2.99. The second-order valence-electron chi connectivity index (χ2n) is 1.11. The van der Waals surface area contributed by atoms with Crippen molar-refractivity contribution >= 4 is 27.9 Å². The van der Waals surface area contributed by atoms with Crippen molar-refractivity contribution in [1.82, 2.24) is 0 Å². The van der Waals surface area contributed by atoms with Crippen molar-refractivity contribution in [3.63, 3.8) is 0 Å². The molecule has 0 saturated carbocycles. The average molecular weight is 223 g/mol. The molecule has 0 saturated heterocycles. The van der Waals surface area contributed by atoms with Gasteiger partial charge in [0.15, 0.2) is 0 Å². The molecule has 4 heteroatoms. The molecule has 0 aliphatic rings. The maximum absolute atomic E-state index is 10.1. The number of hydrogen-bond acceptors (Lipinski definition) is 3. The molecule has 0 amide bonds. The Balaban J connectivity index is 2.82. The van der Waals surface area contributed by atoms with Gasteiger partial charge in [-0.1, -0.05) is 0 Å². The van der Waals surface area contributed by atoms with Gasteiger partial charge in [-0.2, -0.15) is 0 Å². The monoisotopic (exact) mass is 224 g/mol. The predicted octanol–water partition coefficient (Wildman–Crippen LogP) is 0.120. The Morgan fingerprint density at radius 2 is 2.38 bits per heavy atom. The van der Waals surface area contributed by atoms with Crippen molar-refractivity contribution in [2.45, 2.75) is 13.8 Å². The fourth-order valence-corrected chi connectivity index (χ4v) is 0.987. The van der Waals surface area contributed by atoms with Gasteiger partial charge in [-0.25, -0.2) is 0 Å². The minimum absolute atomic E-state index is 0.231. The molecule has 0 bridgehead atoms. The fourth-order valence-electron chi connectivity index (χ4n) is 0.147. The molecule has 0 N–H and O–H groups in total. The summed E-state index contributed by atoms with van der Waals surface area (Å²) >= 11 is -1.22. The molecule has 0 rings (SSSR count). The van der Waals surface area contributed by atoms with Crippen LogP contribution in [0.2, 0.25) is 0 Å². The second kappa shape index (κ2) is 5.37. The van der Waals surface area contributed by atoms with Crippen LogP contribution in [0.1, 0.15) is 13.8 Å². The fraction of sp³-hybridized carbons (Fsp3) is 0.750. The van der Waals surface area contributed by atoms with E-state index in [-0.39, 0.29) is 5.97 Å². The summed E-state index contributed by atoms with van der Waals surface area (Å²) in [5.74, 6) is -0.231. The molecule has 8 heavy (non-hydrogen) atoms. The van der Waals surface area contributed by atoms with E-state index >= 15 is 0 Å². The Hall–Kier alpha value is 0.229. The van der Waals surface area contributed by atoms with Gasteiger partial charge >= 0.3 is 59.3 Å². The van der Waals surface area contributed by atoms with Crippen LogP contribution in [0.15, 0.2) is 0 Å². The van der Waals surface area contributed by atoms with E-state index in [1.807, 2.05) is 6.92 Å². The van der Waals surface area contributed by atoms with Crippen LogP contribution >= 0.6 is 0 Å². The third-order valence-electron chi connectivity index (χ3n) is 0.389. The molecule has 0 aliphatic heterocycles. The summed E-state index contributed by atoms with van der Waals surface area (Å²) in [6, 6.07) is 0. The first kappa shape index (κ1) is 8.23. The van der Waals surface area contributed by atoms with Gasteiger partial charge in [-0.05, 0) is 0 Å². The van der Waals surface area contributed by atoms with E-state index in [0.29, 0.717) is 6.61 Å². The Morgan fingerprint density at radius 1 is 1.75 bits per heavy atom. The first-order chi connectivity index (χ1) is 3.77.